The standard InChI is InChI=1S/C17H17N5O3S2/c1-2-8-18-14(23)10-26-17-21-20-16(27-17)19-15(24)12-9-13(25-22-12)11-6-4-3-5-7-11/h3-7,9H,2,8,10H2,1H3,(H,18,23)(H,19,20,24). The lowest BCUT2D eigenvalue weighted by Crippen LogP contribution is -2.25. The van der Waals surface area contributed by atoms with Crippen molar-refractivity contribution in [1.82, 2.24) is 20.7 Å². The monoisotopic (exact) mass is 403 g/mol. The Morgan fingerprint density at radius 2 is 2.04 bits per heavy atom. The zero-order valence-electron chi connectivity index (χ0n) is 14.5. The van der Waals surface area contributed by atoms with E-state index in [1.807, 2.05) is 37.3 Å². The van der Waals surface area contributed by atoms with Gasteiger partial charge in [0.2, 0.25) is 11.0 Å². The van der Waals surface area contributed by atoms with Gasteiger partial charge in [0.05, 0.1) is 5.75 Å². The highest BCUT2D eigenvalue weighted by Gasteiger charge is 2.16. The molecule has 140 valence electrons. The Hall–Kier alpha value is -2.72. The van der Waals surface area contributed by atoms with E-state index in [0.717, 1.165) is 12.0 Å². The maximum absolute atomic E-state index is 12.3. The Morgan fingerprint density at radius 3 is 2.81 bits per heavy atom. The number of carbonyl (C=O) groups excluding carboxylic acids is 2. The summed E-state index contributed by atoms with van der Waals surface area (Å²) in [6.45, 7) is 2.64. The van der Waals surface area contributed by atoms with E-state index >= 15 is 0 Å². The molecule has 2 aromatic heterocycles. The minimum atomic E-state index is -0.436. The van der Waals surface area contributed by atoms with Crippen molar-refractivity contribution in [3.63, 3.8) is 0 Å². The van der Waals surface area contributed by atoms with Gasteiger partial charge in [-0.05, 0) is 6.42 Å². The quantitative estimate of drug-likeness (QED) is 0.439. The number of benzene rings is 1. The van der Waals surface area contributed by atoms with E-state index in [4.69, 9.17) is 4.52 Å². The van der Waals surface area contributed by atoms with E-state index in [1.54, 1.807) is 6.07 Å². The number of anilines is 1. The predicted octanol–water partition coefficient (Wildman–Crippen LogP) is 3.06. The molecule has 0 radical (unpaired) electrons. The summed E-state index contributed by atoms with van der Waals surface area (Å²) in [5, 5.41) is 17.4. The second-order valence-corrected chi connectivity index (χ2v) is 7.61. The minimum absolute atomic E-state index is 0.0568. The van der Waals surface area contributed by atoms with Crippen molar-refractivity contribution in [3.8, 4) is 11.3 Å². The highest BCUT2D eigenvalue weighted by Crippen LogP contribution is 2.26. The van der Waals surface area contributed by atoms with Gasteiger partial charge in [0.15, 0.2) is 15.8 Å². The van der Waals surface area contributed by atoms with Crippen molar-refractivity contribution in [1.29, 1.82) is 0 Å². The molecule has 10 heteroatoms. The van der Waals surface area contributed by atoms with Gasteiger partial charge < -0.3 is 9.84 Å². The van der Waals surface area contributed by atoms with Crippen LogP contribution in [0.5, 0.6) is 0 Å². The molecule has 3 aromatic rings. The SMILES string of the molecule is CCCNC(=O)CSc1nnc(NC(=O)c2cc(-c3ccccc3)on2)s1. The fourth-order valence-corrected chi connectivity index (χ4v) is 3.62. The molecule has 27 heavy (non-hydrogen) atoms. The van der Waals surface area contributed by atoms with E-state index < -0.39 is 5.91 Å². The second-order valence-electron chi connectivity index (χ2n) is 5.41. The first-order chi connectivity index (χ1) is 13.2. The second kappa shape index (κ2) is 9.28. The van der Waals surface area contributed by atoms with Crippen LogP contribution in [-0.2, 0) is 4.79 Å². The number of hydrogen-bond acceptors (Lipinski definition) is 8. The van der Waals surface area contributed by atoms with Crippen LogP contribution in [0.15, 0.2) is 45.3 Å². The average molecular weight is 403 g/mol. The van der Waals surface area contributed by atoms with Gasteiger partial charge in [-0.2, -0.15) is 0 Å². The Balaban J connectivity index is 1.55. The number of aromatic nitrogens is 3. The van der Waals surface area contributed by atoms with Crippen LogP contribution in [0.1, 0.15) is 23.8 Å². The van der Waals surface area contributed by atoms with Gasteiger partial charge in [0.1, 0.15) is 0 Å². The highest BCUT2D eigenvalue weighted by atomic mass is 32.2. The molecule has 1 aromatic carbocycles. The summed E-state index contributed by atoms with van der Waals surface area (Å²) in [6, 6.07) is 11.0. The topological polar surface area (TPSA) is 110 Å². The largest absolute Gasteiger partial charge is 0.355 e. The summed E-state index contributed by atoms with van der Waals surface area (Å²) in [7, 11) is 0. The molecule has 0 bridgehead atoms. The molecule has 0 saturated carbocycles. The fourth-order valence-electron chi connectivity index (χ4n) is 2.04. The first-order valence-corrected chi connectivity index (χ1v) is 10.0. The molecule has 2 heterocycles. The molecular formula is C17H17N5O3S2. The van der Waals surface area contributed by atoms with Crippen LogP contribution in [0.25, 0.3) is 11.3 Å². The molecule has 0 fully saturated rings. The van der Waals surface area contributed by atoms with Gasteiger partial charge in [-0.3, -0.25) is 14.9 Å². The molecule has 0 atom stereocenters. The van der Waals surface area contributed by atoms with Crippen LogP contribution in [-0.4, -0.2) is 39.5 Å². The summed E-state index contributed by atoms with van der Waals surface area (Å²) in [5.74, 6) is 0.270. The number of nitrogens with zero attached hydrogens (tertiary/aromatic N) is 3. The molecule has 2 amide bonds. The van der Waals surface area contributed by atoms with Crippen LogP contribution >= 0.6 is 23.1 Å². The van der Waals surface area contributed by atoms with Crippen molar-refractivity contribution in [2.45, 2.75) is 17.7 Å². The third-order valence-corrected chi connectivity index (χ3v) is 5.30. The number of rotatable bonds is 8. The summed E-state index contributed by atoms with van der Waals surface area (Å²) in [4.78, 5) is 23.9. The Morgan fingerprint density at radius 1 is 1.22 bits per heavy atom. The minimum Gasteiger partial charge on any atom is -0.355 e. The number of hydrogen-bond donors (Lipinski definition) is 2. The molecule has 0 unspecified atom stereocenters. The normalized spacial score (nSPS) is 10.6. The molecule has 2 N–H and O–H groups in total. The van der Waals surface area contributed by atoms with E-state index in [2.05, 4.69) is 26.0 Å². The van der Waals surface area contributed by atoms with Crippen LogP contribution in [0.2, 0.25) is 0 Å². The number of carbonyl (C=O) groups is 2. The molecule has 3 rings (SSSR count). The van der Waals surface area contributed by atoms with Gasteiger partial charge in [-0.15, -0.1) is 10.2 Å². The van der Waals surface area contributed by atoms with E-state index in [9.17, 15) is 9.59 Å². The summed E-state index contributed by atoms with van der Waals surface area (Å²) in [5.41, 5.74) is 0.984. The van der Waals surface area contributed by atoms with Gasteiger partial charge in [-0.1, -0.05) is 65.5 Å². The first kappa shape index (κ1) is 19.1. The fraction of sp³-hybridized carbons (Fsp3) is 0.235. The molecule has 0 aliphatic heterocycles. The molecule has 0 aliphatic carbocycles. The number of amides is 2. The summed E-state index contributed by atoms with van der Waals surface area (Å²) < 4.78 is 5.82. The third kappa shape index (κ3) is 5.38. The van der Waals surface area contributed by atoms with Crippen molar-refractivity contribution < 1.29 is 14.1 Å². The Kier molecular flexibility index (Phi) is 6.55. The molecule has 8 nitrogen and oxygen atoms in total. The Labute approximate surface area is 163 Å². The van der Waals surface area contributed by atoms with Gasteiger partial charge >= 0.3 is 0 Å². The number of nitrogens with one attached hydrogen (secondary N) is 2. The molecule has 0 aliphatic rings. The first-order valence-electron chi connectivity index (χ1n) is 8.22. The van der Waals surface area contributed by atoms with Crippen LogP contribution in [0, 0.1) is 0 Å². The molecular weight excluding hydrogens is 386 g/mol. The van der Waals surface area contributed by atoms with Gasteiger partial charge in [0.25, 0.3) is 5.91 Å². The maximum atomic E-state index is 12.3. The zero-order valence-corrected chi connectivity index (χ0v) is 16.1. The molecule has 0 spiro atoms. The van der Waals surface area contributed by atoms with Crippen molar-refractivity contribution >= 4 is 40.0 Å². The number of thioether (sulfide) groups is 1. The summed E-state index contributed by atoms with van der Waals surface area (Å²) >= 11 is 2.47. The van der Waals surface area contributed by atoms with E-state index in [0.29, 0.717) is 21.8 Å². The predicted molar refractivity (Wildman–Crippen MR) is 104 cm³/mol. The highest BCUT2D eigenvalue weighted by molar-refractivity contribution is 8.01. The van der Waals surface area contributed by atoms with Gasteiger partial charge in [-0.25, -0.2) is 0 Å². The maximum Gasteiger partial charge on any atom is 0.279 e. The zero-order chi connectivity index (χ0) is 19.1. The smallest absolute Gasteiger partial charge is 0.279 e. The van der Waals surface area contributed by atoms with Gasteiger partial charge in [0, 0.05) is 18.2 Å². The van der Waals surface area contributed by atoms with Crippen LogP contribution < -0.4 is 10.6 Å². The average Bonchev–Trinajstić information content (AvgIpc) is 3.35. The van der Waals surface area contributed by atoms with E-state index in [-0.39, 0.29) is 17.4 Å². The van der Waals surface area contributed by atoms with Crippen molar-refractivity contribution in [3.05, 3.63) is 42.1 Å². The van der Waals surface area contributed by atoms with E-state index in [1.165, 1.54) is 23.1 Å². The summed E-state index contributed by atoms with van der Waals surface area (Å²) in [6.07, 6.45) is 0.888. The van der Waals surface area contributed by atoms with Crippen molar-refractivity contribution in [2.24, 2.45) is 0 Å². The van der Waals surface area contributed by atoms with Crippen molar-refractivity contribution in [2.75, 3.05) is 17.6 Å². The third-order valence-electron chi connectivity index (χ3n) is 3.33. The van der Waals surface area contributed by atoms with Crippen LogP contribution in [0.3, 0.4) is 0 Å². The lowest BCUT2D eigenvalue weighted by molar-refractivity contribution is -0.118. The lowest BCUT2D eigenvalue weighted by atomic mass is 10.1. The molecule has 0 saturated heterocycles. The van der Waals surface area contributed by atoms with Crippen LogP contribution in [0.4, 0.5) is 5.13 Å². The lowest BCUT2D eigenvalue weighted by Gasteiger charge is -2.00. The Bertz CT molecular complexity index is 910.